The zero-order chi connectivity index (χ0) is 26.0. The summed E-state index contributed by atoms with van der Waals surface area (Å²) in [7, 11) is 0. The van der Waals surface area contributed by atoms with Crippen molar-refractivity contribution < 1.29 is 4.79 Å². The number of H-pyrrole nitrogens is 1. The van der Waals surface area contributed by atoms with Crippen molar-refractivity contribution in [1.82, 2.24) is 9.97 Å². The zero-order valence-corrected chi connectivity index (χ0v) is 23.3. The van der Waals surface area contributed by atoms with Crippen molar-refractivity contribution in [3.63, 3.8) is 0 Å². The molecule has 4 rings (SSSR count). The molecule has 188 valence electrons. The Bertz CT molecular complexity index is 1410. The van der Waals surface area contributed by atoms with Gasteiger partial charge in [0.15, 0.2) is 5.16 Å². The monoisotopic (exact) mass is 519 g/mol. The summed E-state index contributed by atoms with van der Waals surface area (Å²) in [6.07, 6.45) is 0. The summed E-state index contributed by atoms with van der Waals surface area (Å²) in [6, 6.07) is 14.5. The fourth-order valence-corrected chi connectivity index (χ4v) is 5.93. The van der Waals surface area contributed by atoms with Gasteiger partial charge in [-0.2, -0.15) is 0 Å². The van der Waals surface area contributed by atoms with Crippen molar-refractivity contribution in [2.24, 2.45) is 0 Å². The number of amides is 1. The maximum Gasteiger partial charge on any atom is 0.260 e. The summed E-state index contributed by atoms with van der Waals surface area (Å²) in [6.45, 7) is 12.8. The third-order valence-electron chi connectivity index (χ3n) is 6.29. The number of nitrogens with zero attached hydrogens (tertiary/aromatic N) is 1. The molecule has 36 heavy (non-hydrogen) atoms. The quantitative estimate of drug-likeness (QED) is 0.184. The molecule has 2 N–H and O–H groups in total. The second kappa shape index (κ2) is 11.0. The molecule has 0 saturated heterocycles. The van der Waals surface area contributed by atoms with Crippen LogP contribution < -0.4 is 10.9 Å². The standard InChI is InChI=1S/C29H33N3O2S2/c1-16(2)19-10-12-20(13-11-19)23-14-35-28-25(23)27(34)31-29(32-28)36-15-24(33)30-26-21(17(3)4)8-7-9-22(26)18(5)6/h7-14,16-18H,15H2,1-6H3,(H,30,33)(H,31,32,34). The lowest BCUT2D eigenvalue weighted by Gasteiger charge is -2.20. The Morgan fingerprint density at radius 3 is 2.19 bits per heavy atom. The number of carbonyl (C=O) groups is 1. The third kappa shape index (κ3) is 5.57. The Labute approximate surface area is 220 Å². The maximum atomic E-state index is 13.0. The predicted molar refractivity (Wildman–Crippen MR) is 154 cm³/mol. The number of fused-ring (bicyclic) bond motifs is 1. The van der Waals surface area contributed by atoms with Crippen LogP contribution in [0.2, 0.25) is 0 Å². The number of rotatable bonds is 8. The molecule has 5 nitrogen and oxygen atoms in total. The van der Waals surface area contributed by atoms with E-state index >= 15 is 0 Å². The number of aromatic nitrogens is 2. The van der Waals surface area contributed by atoms with Crippen LogP contribution in [-0.2, 0) is 4.79 Å². The van der Waals surface area contributed by atoms with Crippen LogP contribution in [0.15, 0.2) is 57.8 Å². The number of carbonyl (C=O) groups excluding carboxylic acids is 1. The van der Waals surface area contributed by atoms with E-state index in [9.17, 15) is 9.59 Å². The number of para-hydroxylation sites is 1. The van der Waals surface area contributed by atoms with Crippen molar-refractivity contribution >= 4 is 44.9 Å². The Hall–Kier alpha value is -2.90. The summed E-state index contributed by atoms with van der Waals surface area (Å²) in [4.78, 5) is 34.1. The number of anilines is 1. The van der Waals surface area contributed by atoms with E-state index in [1.54, 1.807) is 0 Å². The number of thioether (sulfide) groups is 1. The lowest BCUT2D eigenvalue weighted by molar-refractivity contribution is -0.113. The predicted octanol–water partition coefficient (Wildman–Crippen LogP) is 7.75. The van der Waals surface area contributed by atoms with Crippen LogP contribution >= 0.6 is 23.1 Å². The molecule has 2 aromatic carbocycles. The first kappa shape index (κ1) is 26.2. The summed E-state index contributed by atoms with van der Waals surface area (Å²) < 4.78 is 0. The van der Waals surface area contributed by atoms with Gasteiger partial charge in [-0.1, -0.05) is 95.8 Å². The lowest BCUT2D eigenvalue weighted by atomic mass is 9.92. The second-order valence-corrected chi connectivity index (χ2v) is 11.8. The molecule has 0 spiro atoms. The first-order valence-electron chi connectivity index (χ1n) is 12.3. The van der Waals surface area contributed by atoms with E-state index in [0.717, 1.165) is 27.9 Å². The van der Waals surface area contributed by atoms with Crippen molar-refractivity contribution in [2.75, 3.05) is 11.1 Å². The zero-order valence-electron chi connectivity index (χ0n) is 21.6. The highest BCUT2D eigenvalue weighted by Gasteiger charge is 2.18. The van der Waals surface area contributed by atoms with Gasteiger partial charge in [0.1, 0.15) is 4.83 Å². The second-order valence-electron chi connectivity index (χ2n) is 9.94. The number of hydrogen-bond acceptors (Lipinski definition) is 5. The average Bonchev–Trinajstić information content (AvgIpc) is 3.27. The topological polar surface area (TPSA) is 74.8 Å². The number of nitrogens with one attached hydrogen (secondary N) is 2. The molecule has 0 unspecified atom stereocenters. The molecule has 1 amide bonds. The summed E-state index contributed by atoms with van der Waals surface area (Å²) in [5, 5.41) is 6.15. The Morgan fingerprint density at radius 1 is 0.972 bits per heavy atom. The van der Waals surface area contributed by atoms with Crippen LogP contribution in [0.4, 0.5) is 5.69 Å². The number of thiophene rings is 1. The van der Waals surface area contributed by atoms with Crippen LogP contribution in [0, 0.1) is 0 Å². The largest absolute Gasteiger partial charge is 0.325 e. The third-order valence-corrected chi connectivity index (χ3v) is 8.03. The fraction of sp³-hybridized carbons (Fsp3) is 0.345. The molecule has 0 saturated carbocycles. The number of hydrogen-bond donors (Lipinski definition) is 2. The minimum Gasteiger partial charge on any atom is -0.325 e. The molecule has 7 heteroatoms. The maximum absolute atomic E-state index is 13.0. The molecule has 0 aliphatic carbocycles. The molecule has 2 heterocycles. The van der Waals surface area contributed by atoms with Gasteiger partial charge in [-0.15, -0.1) is 11.3 Å². The van der Waals surface area contributed by atoms with E-state index < -0.39 is 0 Å². The molecular weight excluding hydrogens is 486 g/mol. The Balaban J connectivity index is 1.52. The lowest BCUT2D eigenvalue weighted by Crippen LogP contribution is -2.18. The summed E-state index contributed by atoms with van der Waals surface area (Å²) in [5.41, 5.74) is 6.12. The minimum atomic E-state index is -0.181. The highest BCUT2D eigenvalue weighted by Crippen LogP contribution is 2.34. The molecule has 4 aromatic rings. The molecule has 0 fully saturated rings. The van der Waals surface area contributed by atoms with E-state index in [-0.39, 0.29) is 17.2 Å². The first-order chi connectivity index (χ1) is 17.2. The van der Waals surface area contributed by atoms with Gasteiger partial charge in [0.05, 0.1) is 11.1 Å². The van der Waals surface area contributed by atoms with E-state index in [4.69, 9.17) is 0 Å². The van der Waals surface area contributed by atoms with Gasteiger partial charge in [-0.05, 0) is 40.0 Å². The Morgan fingerprint density at radius 2 is 1.61 bits per heavy atom. The van der Waals surface area contributed by atoms with Crippen molar-refractivity contribution in [3.8, 4) is 11.1 Å². The van der Waals surface area contributed by atoms with Gasteiger partial charge in [0.2, 0.25) is 5.91 Å². The fourth-order valence-electron chi connectivity index (χ4n) is 4.26. The van der Waals surface area contributed by atoms with Crippen LogP contribution in [0.25, 0.3) is 21.3 Å². The number of aromatic amines is 1. The molecule has 2 aromatic heterocycles. The van der Waals surface area contributed by atoms with Crippen molar-refractivity contribution in [1.29, 1.82) is 0 Å². The molecule has 0 aliphatic rings. The SMILES string of the molecule is CC(C)c1ccc(-c2csc3nc(SCC(=O)Nc4c(C(C)C)cccc4C(C)C)[nH]c(=O)c23)cc1. The highest BCUT2D eigenvalue weighted by molar-refractivity contribution is 7.99. The summed E-state index contributed by atoms with van der Waals surface area (Å²) >= 11 is 2.69. The van der Waals surface area contributed by atoms with E-state index in [2.05, 4.69) is 93.2 Å². The van der Waals surface area contributed by atoms with Crippen LogP contribution in [0.3, 0.4) is 0 Å². The van der Waals surface area contributed by atoms with E-state index in [1.807, 2.05) is 11.4 Å². The molecule has 0 bridgehead atoms. The van der Waals surface area contributed by atoms with Crippen LogP contribution in [-0.4, -0.2) is 21.6 Å². The molecule has 0 atom stereocenters. The van der Waals surface area contributed by atoms with Crippen LogP contribution in [0.5, 0.6) is 0 Å². The molecule has 0 aliphatic heterocycles. The van der Waals surface area contributed by atoms with Gasteiger partial charge >= 0.3 is 0 Å². The van der Waals surface area contributed by atoms with Gasteiger partial charge in [0, 0.05) is 16.6 Å². The first-order valence-corrected chi connectivity index (χ1v) is 14.2. The van der Waals surface area contributed by atoms with E-state index in [0.29, 0.717) is 33.1 Å². The van der Waals surface area contributed by atoms with E-state index in [1.165, 1.54) is 28.7 Å². The summed E-state index contributed by atoms with van der Waals surface area (Å²) in [5.74, 6) is 1.09. The molecule has 0 radical (unpaired) electrons. The average molecular weight is 520 g/mol. The van der Waals surface area contributed by atoms with Gasteiger partial charge < -0.3 is 10.3 Å². The Kier molecular flexibility index (Phi) is 8.00. The van der Waals surface area contributed by atoms with Crippen molar-refractivity contribution in [3.05, 3.63) is 74.9 Å². The number of benzene rings is 2. The normalized spacial score (nSPS) is 11.7. The molecular formula is C29H33N3O2S2. The van der Waals surface area contributed by atoms with Crippen molar-refractivity contribution in [2.45, 2.75) is 64.5 Å². The highest BCUT2D eigenvalue weighted by atomic mass is 32.2. The van der Waals surface area contributed by atoms with Crippen LogP contribution in [0.1, 0.15) is 76.0 Å². The minimum absolute atomic E-state index is 0.116. The van der Waals surface area contributed by atoms with Gasteiger partial charge in [-0.3, -0.25) is 9.59 Å². The van der Waals surface area contributed by atoms with Gasteiger partial charge in [-0.25, -0.2) is 4.98 Å². The smallest absolute Gasteiger partial charge is 0.260 e. The van der Waals surface area contributed by atoms with Gasteiger partial charge in [0.25, 0.3) is 5.56 Å².